The van der Waals surface area contributed by atoms with Crippen molar-refractivity contribution in [3.05, 3.63) is 52.2 Å². The summed E-state index contributed by atoms with van der Waals surface area (Å²) in [6, 6.07) is 5.52. The molecule has 1 aliphatic rings. The van der Waals surface area contributed by atoms with Crippen LogP contribution in [0.15, 0.2) is 30.6 Å². The Morgan fingerprint density at radius 3 is 2.80 bits per heavy atom. The van der Waals surface area contributed by atoms with Crippen LogP contribution in [0.25, 0.3) is 0 Å². The van der Waals surface area contributed by atoms with Crippen molar-refractivity contribution < 1.29 is 9.31 Å². The monoisotopic (exact) mass is 342 g/mol. The van der Waals surface area contributed by atoms with E-state index in [1.165, 1.54) is 24.5 Å². The summed E-state index contributed by atoms with van der Waals surface area (Å²) in [6.07, 6.45) is 2.99. The molecule has 0 N–H and O–H groups in total. The SMILES string of the molecule is C[C@H]1CN(c2nccnc2C#N)CCN1c1ccc(F)cc1[N+](=O)[O-]. The maximum absolute atomic E-state index is 13.4. The third-order valence-electron chi connectivity index (χ3n) is 4.16. The lowest BCUT2D eigenvalue weighted by atomic mass is 10.1. The molecule has 1 fully saturated rings. The Bertz CT molecular complexity index is 853. The largest absolute Gasteiger partial charge is 0.360 e. The van der Waals surface area contributed by atoms with Crippen LogP contribution in [0.1, 0.15) is 12.6 Å². The van der Waals surface area contributed by atoms with Gasteiger partial charge in [0.1, 0.15) is 17.6 Å². The second-order valence-corrected chi connectivity index (χ2v) is 5.72. The molecule has 0 unspecified atom stereocenters. The van der Waals surface area contributed by atoms with Crippen molar-refractivity contribution in [2.75, 3.05) is 29.4 Å². The number of nitro groups is 1. The van der Waals surface area contributed by atoms with Gasteiger partial charge < -0.3 is 9.80 Å². The standard InChI is InChI=1S/C16H15FN6O2/c1-11-10-21(16-13(9-18)19-4-5-20-16)6-7-22(11)14-3-2-12(17)8-15(14)23(24)25/h2-5,8,11H,6-7,10H2,1H3/t11-/m0/s1. The van der Waals surface area contributed by atoms with Crippen molar-refractivity contribution in [3.8, 4) is 6.07 Å². The summed E-state index contributed by atoms with van der Waals surface area (Å²) in [5.74, 6) is -0.134. The van der Waals surface area contributed by atoms with E-state index in [0.717, 1.165) is 6.07 Å². The maximum Gasteiger partial charge on any atom is 0.295 e. The fraction of sp³-hybridized carbons (Fsp3) is 0.312. The molecule has 2 heterocycles. The Hall–Kier alpha value is -3.28. The average Bonchev–Trinajstić information content (AvgIpc) is 2.61. The fourth-order valence-electron chi connectivity index (χ4n) is 3.03. The molecule has 0 spiro atoms. The van der Waals surface area contributed by atoms with Gasteiger partial charge in [0, 0.05) is 38.1 Å². The molecule has 9 heteroatoms. The number of nitrogens with zero attached hydrogens (tertiary/aromatic N) is 6. The molecule has 2 aromatic rings. The predicted octanol–water partition coefficient (Wildman–Crippen LogP) is 2.11. The van der Waals surface area contributed by atoms with E-state index in [-0.39, 0.29) is 17.4 Å². The molecule has 1 saturated heterocycles. The molecular weight excluding hydrogens is 327 g/mol. The number of aromatic nitrogens is 2. The summed E-state index contributed by atoms with van der Waals surface area (Å²) in [5, 5.41) is 20.4. The molecule has 0 radical (unpaired) electrons. The number of nitro benzene ring substituents is 1. The highest BCUT2D eigenvalue weighted by Gasteiger charge is 2.30. The third kappa shape index (κ3) is 3.19. The summed E-state index contributed by atoms with van der Waals surface area (Å²) in [6.45, 7) is 3.44. The number of piperazine rings is 1. The zero-order chi connectivity index (χ0) is 18.0. The smallest absolute Gasteiger partial charge is 0.295 e. The highest BCUT2D eigenvalue weighted by Crippen LogP contribution is 2.32. The van der Waals surface area contributed by atoms with Gasteiger partial charge in [-0.2, -0.15) is 5.26 Å². The van der Waals surface area contributed by atoms with Gasteiger partial charge in [-0.3, -0.25) is 10.1 Å². The van der Waals surface area contributed by atoms with Gasteiger partial charge in [-0.15, -0.1) is 0 Å². The lowest BCUT2D eigenvalue weighted by molar-refractivity contribution is -0.384. The predicted molar refractivity (Wildman–Crippen MR) is 88.8 cm³/mol. The van der Waals surface area contributed by atoms with E-state index in [0.29, 0.717) is 31.1 Å². The molecule has 1 atom stereocenters. The van der Waals surface area contributed by atoms with Crippen molar-refractivity contribution in [2.24, 2.45) is 0 Å². The quantitative estimate of drug-likeness (QED) is 0.622. The Morgan fingerprint density at radius 2 is 2.12 bits per heavy atom. The lowest BCUT2D eigenvalue weighted by Gasteiger charge is -2.41. The number of hydrogen-bond acceptors (Lipinski definition) is 7. The number of anilines is 2. The second kappa shape index (κ2) is 6.68. The van der Waals surface area contributed by atoms with E-state index in [4.69, 9.17) is 5.26 Å². The van der Waals surface area contributed by atoms with Crippen LogP contribution in [-0.2, 0) is 0 Å². The highest BCUT2D eigenvalue weighted by atomic mass is 19.1. The van der Waals surface area contributed by atoms with Gasteiger partial charge in [0.2, 0.25) is 0 Å². The topological polar surface area (TPSA) is 99.2 Å². The summed E-state index contributed by atoms with van der Waals surface area (Å²) >= 11 is 0. The van der Waals surface area contributed by atoms with Gasteiger partial charge in [-0.25, -0.2) is 14.4 Å². The van der Waals surface area contributed by atoms with E-state index in [9.17, 15) is 14.5 Å². The van der Waals surface area contributed by atoms with Crippen LogP contribution in [0, 0.1) is 27.3 Å². The average molecular weight is 342 g/mol. The molecule has 128 valence electrons. The van der Waals surface area contributed by atoms with Crippen LogP contribution in [-0.4, -0.2) is 40.6 Å². The molecule has 0 amide bonds. The number of halogens is 1. The minimum Gasteiger partial charge on any atom is -0.360 e. The maximum atomic E-state index is 13.4. The van der Waals surface area contributed by atoms with Gasteiger partial charge in [0.05, 0.1) is 11.0 Å². The zero-order valence-electron chi connectivity index (χ0n) is 13.5. The first kappa shape index (κ1) is 16.6. The van der Waals surface area contributed by atoms with E-state index >= 15 is 0 Å². The first-order valence-corrected chi connectivity index (χ1v) is 7.68. The zero-order valence-corrected chi connectivity index (χ0v) is 13.5. The van der Waals surface area contributed by atoms with Gasteiger partial charge in [0.15, 0.2) is 11.5 Å². The molecule has 1 aliphatic heterocycles. The highest BCUT2D eigenvalue weighted by molar-refractivity contribution is 5.65. The van der Waals surface area contributed by atoms with Crippen LogP contribution in [0.4, 0.5) is 21.6 Å². The van der Waals surface area contributed by atoms with Crippen molar-refractivity contribution in [1.82, 2.24) is 9.97 Å². The molecule has 25 heavy (non-hydrogen) atoms. The number of benzene rings is 1. The molecule has 1 aromatic carbocycles. The minimum atomic E-state index is -0.639. The number of nitriles is 1. The van der Waals surface area contributed by atoms with Crippen LogP contribution >= 0.6 is 0 Å². The Kier molecular flexibility index (Phi) is 4.43. The molecule has 3 rings (SSSR count). The van der Waals surface area contributed by atoms with E-state index in [1.807, 2.05) is 22.8 Å². The number of rotatable bonds is 3. The molecule has 0 bridgehead atoms. The van der Waals surface area contributed by atoms with Crippen molar-refractivity contribution in [2.45, 2.75) is 13.0 Å². The van der Waals surface area contributed by atoms with Crippen LogP contribution in [0.5, 0.6) is 0 Å². The minimum absolute atomic E-state index is 0.0912. The third-order valence-corrected chi connectivity index (χ3v) is 4.16. The Labute approximate surface area is 143 Å². The van der Waals surface area contributed by atoms with Gasteiger partial charge in [-0.05, 0) is 19.1 Å². The molecule has 1 aromatic heterocycles. The summed E-state index contributed by atoms with van der Waals surface area (Å²) < 4.78 is 13.4. The summed E-state index contributed by atoms with van der Waals surface area (Å²) in [7, 11) is 0. The van der Waals surface area contributed by atoms with Crippen LogP contribution < -0.4 is 9.80 Å². The normalized spacial score (nSPS) is 17.2. The van der Waals surface area contributed by atoms with Gasteiger partial charge in [-0.1, -0.05) is 0 Å². The first-order valence-electron chi connectivity index (χ1n) is 7.68. The fourth-order valence-corrected chi connectivity index (χ4v) is 3.03. The second-order valence-electron chi connectivity index (χ2n) is 5.72. The van der Waals surface area contributed by atoms with Crippen molar-refractivity contribution in [3.63, 3.8) is 0 Å². The Balaban J connectivity index is 1.86. The van der Waals surface area contributed by atoms with Crippen LogP contribution in [0.2, 0.25) is 0 Å². The van der Waals surface area contributed by atoms with Gasteiger partial charge >= 0.3 is 0 Å². The summed E-state index contributed by atoms with van der Waals surface area (Å²) in [5.41, 5.74) is 0.381. The summed E-state index contributed by atoms with van der Waals surface area (Å²) in [4.78, 5) is 22.7. The van der Waals surface area contributed by atoms with Crippen molar-refractivity contribution in [1.29, 1.82) is 5.26 Å². The Morgan fingerprint density at radius 1 is 1.36 bits per heavy atom. The molecule has 0 aliphatic carbocycles. The van der Waals surface area contributed by atoms with E-state index in [1.54, 1.807) is 0 Å². The molecule has 0 saturated carbocycles. The van der Waals surface area contributed by atoms with E-state index < -0.39 is 10.7 Å². The molecule has 8 nitrogen and oxygen atoms in total. The first-order chi connectivity index (χ1) is 12.0. The van der Waals surface area contributed by atoms with Crippen molar-refractivity contribution >= 4 is 17.2 Å². The van der Waals surface area contributed by atoms with Crippen LogP contribution in [0.3, 0.4) is 0 Å². The molecular formula is C16H15FN6O2. The lowest BCUT2D eigenvalue weighted by Crippen LogP contribution is -2.52. The van der Waals surface area contributed by atoms with E-state index in [2.05, 4.69) is 9.97 Å². The van der Waals surface area contributed by atoms with Gasteiger partial charge in [0.25, 0.3) is 5.69 Å². The number of hydrogen-bond donors (Lipinski definition) is 0.